The predicted octanol–water partition coefficient (Wildman–Crippen LogP) is 4.02. The van der Waals surface area contributed by atoms with Gasteiger partial charge in [-0.25, -0.2) is 0 Å². The molecule has 0 N–H and O–H groups in total. The van der Waals surface area contributed by atoms with Gasteiger partial charge in [0.05, 0.1) is 6.07 Å². The molecule has 2 nitrogen and oxygen atoms in total. The average Bonchev–Trinajstić information content (AvgIpc) is 2.19. The number of halogens is 1. The van der Waals surface area contributed by atoms with Crippen LogP contribution in [0.3, 0.4) is 0 Å². The lowest BCUT2D eigenvalue weighted by atomic mass is 9.98. The Labute approximate surface area is 109 Å². The SMILES string of the molecule is CC(C#N)(Cc1ccc(Cl)cc1)O[Si](C)(C)C. The van der Waals surface area contributed by atoms with Gasteiger partial charge in [-0.15, -0.1) is 0 Å². The summed E-state index contributed by atoms with van der Waals surface area (Å²) in [5.74, 6) is 0. The molecule has 0 saturated heterocycles. The zero-order valence-corrected chi connectivity index (χ0v) is 12.5. The van der Waals surface area contributed by atoms with E-state index in [2.05, 4.69) is 25.7 Å². The molecule has 0 fully saturated rings. The summed E-state index contributed by atoms with van der Waals surface area (Å²) in [5.41, 5.74) is 0.315. The van der Waals surface area contributed by atoms with Gasteiger partial charge < -0.3 is 4.43 Å². The van der Waals surface area contributed by atoms with Crippen LogP contribution in [0.2, 0.25) is 24.7 Å². The van der Waals surface area contributed by atoms with Crippen molar-refractivity contribution in [3.8, 4) is 6.07 Å². The van der Waals surface area contributed by atoms with Gasteiger partial charge in [0.1, 0.15) is 5.60 Å². The average molecular weight is 268 g/mol. The molecule has 4 heteroatoms. The molecule has 0 radical (unpaired) electrons. The van der Waals surface area contributed by atoms with Gasteiger partial charge in [-0.3, -0.25) is 0 Å². The molecule has 17 heavy (non-hydrogen) atoms. The monoisotopic (exact) mass is 267 g/mol. The zero-order valence-electron chi connectivity index (χ0n) is 10.7. The summed E-state index contributed by atoms with van der Waals surface area (Å²) >= 11 is 5.83. The van der Waals surface area contributed by atoms with Crippen LogP contribution in [0.4, 0.5) is 0 Å². The van der Waals surface area contributed by atoms with E-state index in [9.17, 15) is 5.26 Å². The molecule has 0 aromatic heterocycles. The minimum Gasteiger partial charge on any atom is -0.400 e. The molecule has 0 saturated carbocycles. The fraction of sp³-hybridized carbons (Fsp3) is 0.462. The number of hydrogen-bond donors (Lipinski definition) is 0. The minimum absolute atomic E-state index is 0.588. The summed E-state index contributed by atoms with van der Waals surface area (Å²) in [6.07, 6.45) is 0.588. The maximum atomic E-state index is 9.29. The van der Waals surface area contributed by atoms with Crippen molar-refractivity contribution in [2.45, 2.75) is 38.6 Å². The number of rotatable bonds is 4. The van der Waals surface area contributed by atoms with Gasteiger partial charge in [0.25, 0.3) is 0 Å². The third-order valence-electron chi connectivity index (χ3n) is 2.22. The van der Waals surface area contributed by atoms with E-state index < -0.39 is 13.9 Å². The Morgan fingerprint density at radius 2 is 1.82 bits per heavy atom. The van der Waals surface area contributed by atoms with Crippen LogP contribution in [0.1, 0.15) is 12.5 Å². The number of hydrogen-bond acceptors (Lipinski definition) is 2. The molecule has 0 bridgehead atoms. The molecule has 1 rings (SSSR count). The molecule has 1 unspecified atom stereocenters. The predicted molar refractivity (Wildman–Crippen MR) is 73.6 cm³/mol. The summed E-state index contributed by atoms with van der Waals surface area (Å²) in [5, 5.41) is 9.99. The second-order valence-corrected chi connectivity index (χ2v) is 10.2. The smallest absolute Gasteiger partial charge is 0.185 e. The van der Waals surface area contributed by atoms with Crippen LogP contribution in [0.5, 0.6) is 0 Å². The number of nitrogens with zero attached hydrogens (tertiary/aromatic N) is 1. The normalized spacial score (nSPS) is 15.1. The van der Waals surface area contributed by atoms with E-state index >= 15 is 0 Å². The lowest BCUT2D eigenvalue weighted by Gasteiger charge is -2.30. The summed E-state index contributed by atoms with van der Waals surface area (Å²) in [6, 6.07) is 9.82. The van der Waals surface area contributed by atoms with Gasteiger partial charge in [0.2, 0.25) is 0 Å². The first kappa shape index (κ1) is 14.2. The van der Waals surface area contributed by atoms with Crippen LogP contribution < -0.4 is 0 Å². The van der Waals surface area contributed by atoms with Gasteiger partial charge in [0.15, 0.2) is 8.32 Å². The lowest BCUT2D eigenvalue weighted by molar-refractivity contribution is 0.141. The Morgan fingerprint density at radius 3 is 2.24 bits per heavy atom. The highest BCUT2D eigenvalue weighted by Gasteiger charge is 2.31. The molecular formula is C13H18ClNOSi. The summed E-state index contributed by atoms with van der Waals surface area (Å²) in [6.45, 7) is 8.11. The maximum absolute atomic E-state index is 9.29. The van der Waals surface area contributed by atoms with Gasteiger partial charge >= 0.3 is 0 Å². The zero-order chi connectivity index (χ0) is 13.1. The molecule has 1 aromatic rings. The molecule has 0 amide bonds. The molecule has 1 aromatic carbocycles. The van der Waals surface area contributed by atoms with Crippen LogP contribution in [0.25, 0.3) is 0 Å². The minimum atomic E-state index is -1.73. The van der Waals surface area contributed by atoms with Crippen LogP contribution >= 0.6 is 11.6 Å². The Morgan fingerprint density at radius 1 is 1.29 bits per heavy atom. The molecule has 92 valence electrons. The standard InChI is InChI=1S/C13H18ClNOSi/c1-13(10-15,16-17(2,3)4)9-11-5-7-12(14)8-6-11/h5-8H,9H2,1-4H3. The summed E-state index contributed by atoms with van der Waals surface area (Å²) in [7, 11) is -1.73. The van der Waals surface area contributed by atoms with E-state index in [4.69, 9.17) is 16.0 Å². The fourth-order valence-electron chi connectivity index (χ4n) is 1.77. The van der Waals surface area contributed by atoms with E-state index in [-0.39, 0.29) is 0 Å². The summed E-state index contributed by atoms with van der Waals surface area (Å²) < 4.78 is 5.95. The molecule has 0 aliphatic rings. The first-order chi connectivity index (χ1) is 7.74. The van der Waals surface area contributed by atoms with Crippen molar-refractivity contribution in [3.63, 3.8) is 0 Å². The van der Waals surface area contributed by atoms with E-state index in [0.717, 1.165) is 5.56 Å². The van der Waals surface area contributed by atoms with E-state index in [1.165, 1.54) is 0 Å². The molecule has 1 atom stereocenters. The quantitative estimate of drug-likeness (QED) is 0.772. The number of benzene rings is 1. The lowest BCUT2D eigenvalue weighted by Crippen LogP contribution is -2.41. The highest BCUT2D eigenvalue weighted by atomic mass is 35.5. The Balaban J connectivity index is 2.83. The Bertz CT molecular complexity index is 419. The van der Waals surface area contributed by atoms with Crippen LogP contribution in [-0.2, 0) is 10.8 Å². The van der Waals surface area contributed by atoms with Crippen molar-refractivity contribution in [1.29, 1.82) is 5.26 Å². The first-order valence-corrected chi connectivity index (χ1v) is 9.39. The number of nitriles is 1. The van der Waals surface area contributed by atoms with Gasteiger partial charge in [-0.1, -0.05) is 23.7 Å². The van der Waals surface area contributed by atoms with Gasteiger partial charge in [-0.05, 0) is 44.3 Å². The highest BCUT2D eigenvalue weighted by Crippen LogP contribution is 2.23. The van der Waals surface area contributed by atoms with Crippen molar-refractivity contribution in [2.24, 2.45) is 0 Å². The van der Waals surface area contributed by atoms with Gasteiger partial charge in [0, 0.05) is 11.4 Å². The van der Waals surface area contributed by atoms with Crippen molar-refractivity contribution in [3.05, 3.63) is 34.9 Å². The van der Waals surface area contributed by atoms with Crippen LogP contribution in [0, 0.1) is 11.3 Å². The summed E-state index contributed by atoms with van der Waals surface area (Å²) in [4.78, 5) is 0. The molecule has 0 spiro atoms. The van der Waals surface area contributed by atoms with Crippen LogP contribution in [0.15, 0.2) is 24.3 Å². The molecule has 0 aliphatic carbocycles. The van der Waals surface area contributed by atoms with Crippen molar-refractivity contribution >= 4 is 19.9 Å². The molecular weight excluding hydrogens is 250 g/mol. The maximum Gasteiger partial charge on any atom is 0.185 e. The van der Waals surface area contributed by atoms with E-state index in [1.807, 2.05) is 31.2 Å². The molecule has 0 heterocycles. The van der Waals surface area contributed by atoms with E-state index in [1.54, 1.807) is 0 Å². The Kier molecular flexibility index (Phi) is 4.37. The molecule has 0 aliphatic heterocycles. The van der Waals surface area contributed by atoms with Crippen LogP contribution in [-0.4, -0.2) is 13.9 Å². The van der Waals surface area contributed by atoms with Crippen molar-refractivity contribution in [1.82, 2.24) is 0 Å². The Hall–Kier alpha value is -0.823. The first-order valence-electron chi connectivity index (χ1n) is 5.60. The highest BCUT2D eigenvalue weighted by molar-refractivity contribution is 6.69. The largest absolute Gasteiger partial charge is 0.400 e. The second-order valence-electron chi connectivity index (χ2n) is 5.36. The van der Waals surface area contributed by atoms with Crippen molar-refractivity contribution in [2.75, 3.05) is 0 Å². The third kappa shape index (κ3) is 4.91. The second kappa shape index (κ2) is 5.22. The van der Waals surface area contributed by atoms with Gasteiger partial charge in [-0.2, -0.15) is 5.26 Å². The third-order valence-corrected chi connectivity index (χ3v) is 3.54. The van der Waals surface area contributed by atoms with E-state index in [0.29, 0.717) is 11.4 Å². The fourth-order valence-corrected chi connectivity index (χ4v) is 3.36. The topological polar surface area (TPSA) is 33.0 Å². The van der Waals surface area contributed by atoms with Crippen molar-refractivity contribution < 1.29 is 4.43 Å².